The fraction of sp³-hybridized carbons (Fsp3) is 0.450. The molecule has 0 aliphatic heterocycles. The van der Waals surface area contributed by atoms with Crippen LogP contribution in [0.1, 0.15) is 102 Å². The molecule has 4 aromatic carbocycles. The third-order valence-corrected chi connectivity index (χ3v) is 9.08. The first kappa shape index (κ1) is 34.4. The first-order chi connectivity index (χ1) is 21.9. The SMILES string of the molecule is CCCC[N+](CCCC)(CCCC)C(CCC)c1ccc2ccccc2c1OB(Oc1ccc(C)cc1)Oc1ccc(C)cc1. The molecule has 240 valence electrons. The molecule has 0 radical (unpaired) electrons. The molecule has 4 aromatic rings. The second kappa shape index (κ2) is 17.3. The molecule has 0 aliphatic carbocycles. The zero-order chi connectivity index (χ0) is 32.1. The number of rotatable bonds is 19. The molecular weight excluding hydrogens is 553 g/mol. The Balaban J connectivity index is 1.86. The van der Waals surface area contributed by atoms with Gasteiger partial charge in [0.2, 0.25) is 0 Å². The summed E-state index contributed by atoms with van der Waals surface area (Å²) in [6, 6.07) is 29.7. The number of unbranched alkanes of at least 4 members (excludes halogenated alkanes) is 3. The van der Waals surface area contributed by atoms with Gasteiger partial charge in [-0.1, -0.05) is 119 Å². The number of benzene rings is 4. The second-order valence-corrected chi connectivity index (χ2v) is 12.7. The third kappa shape index (κ3) is 9.29. The van der Waals surface area contributed by atoms with Gasteiger partial charge in [0, 0.05) is 11.8 Å². The Labute approximate surface area is 273 Å². The average Bonchev–Trinajstić information content (AvgIpc) is 3.06. The molecule has 0 spiro atoms. The van der Waals surface area contributed by atoms with Crippen molar-refractivity contribution in [1.29, 1.82) is 0 Å². The van der Waals surface area contributed by atoms with Crippen LogP contribution >= 0.6 is 0 Å². The standard InChI is InChI=1S/C40H55BNO3/c1-7-11-29-42(30-12-8-2,31-13-9-3)39(16-10-4)38-28-23-34-17-14-15-18-37(34)40(38)45-41(43-35-24-19-32(5)20-25-35)44-36-26-21-33(6)22-27-36/h14-15,17-28,39H,7-13,16,29-31H2,1-6H3/q+1. The van der Waals surface area contributed by atoms with Gasteiger partial charge in [-0.25, -0.2) is 0 Å². The highest BCUT2D eigenvalue weighted by Gasteiger charge is 2.40. The summed E-state index contributed by atoms with van der Waals surface area (Å²) in [6.45, 7) is 17.0. The summed E-state index contributed by atoms with van der Waals surface area (Å²) in [4.78, 5) is 0. The number of hydrogen-bond donors (Lipinski definition) is 0. The molecule has 5 heteroatoms. The summed E-state index contributed by atoms with van der Waals surface area (Å²) in [5.41, 5.74) is 3.63. The van der Waals surface area contributed by atoms with E-state index in [1.54, 1.807) is 0 Å². The molecular formula is C40H55BNO3+. The first-order valence-electron chi connectivity index (χ1n) is 17.4. The van der Waals surface area contributed by atoms with Crippen LogP contribution in [0.2, 0.25) is 0 Å². The van der Waals surface area contributed by atoms with Gasteiger partial charge in [0.1, 0.15) is 23.3 Å². The third-order valence-electron chi connectivity index (χ3n) is 9.08. The fourth-order valence-corrected chi connectivity index (χ4v) is 6.50. The van der Waals surface area contributed by atoms with Crippen molar-refractivity contribution in [2.75, 3.05) is 19.6 Å². The van der Waals surface area contributed by atoms with Crippen molar-refractivity contribution >= 4 is 18.1 Å². The Kier molecular flexibility index (Phi) is 13.2. The Morgan fingerprint density at radius 1 is 0.578 bits per heavy atom. The van der Waals surface area contributed by atoms with Crippen LogP contribution in [0.3, 0.4) is 0 Å². The minimum absolute atomic E-state index is 0.318. The van der Waals surface area contributed by atoms with Crippen LogP contribution in [0.5, 0.6) is 17.2 Å². The Morgan fingerprint density at radius 2 is 1.09 bits per heavy atom. The van der Waals surface area contributed by atoms with E-state index < -0.39 is 7.32 Å². The van der Waals surface area contributed by atoms with Crippen molar-refractivity contribution in [3.05, 3.63) is 102 Å². The van der Waals surface area contributed by atoms with Gasteiger partial charge in [-0.3, -0.25) is 0 Å². The summed E-state index contributed by atoms with van der Waals surface area (Å²) in [7, 11) is -0.967. The largest absolute Gasteiger partial charge is 0.864 e. The van der Waals surface area contributed by atoms with Crippen LogP contribution < -0.4 is 14.0 Å². The lowest BCUT2D eigenvalue weighted by atomic mass is 9.92. The predicted octanol–water partition coefficient (Wildman–Crippen LogP) is 11.0. The van der Waals surface area contributed by atoms with E-state index in [0.29, 0.717) is 17.5 Å². The molecule has 0 heterocycles. The minimum atomic E-state index is -0.967. The van der Waals surface area contributed by atoms with Gasteiger partial charge in [-0.15, -0.1) is 0 Å². The number of fused-ring (bicyclic) bond motifs is 1. The van der Waals surface area contributed by atoms with E-state index in [4.69, 9.17) is 14.0 Å². The Morgan fingerprint density at radius 3 is 1.58 bits per heavy atom. The number of quaternary nitrogens is 1. The van der Waals surface area contributed by atoms with E-state index in [-0.39, 0.29) is 0 Å². The van der Waals surface area contributed by atoms with E-state index >= 15 is 0 Å². The van der Waals surface area contributed by atoms with E-state index in [0.717, 1.165) is 33.8 Å². The topological polar surface area (TPSA) is 27.7 Å². The van der Waals surface area contributed by atoms with Crippen molar-refractivity contribution in [3.63, 3.8) is 0 Å². The van der Waals surface area contributed by atoms with Crippen LogP contribution in [0.4, 0.5) is 0 Å². The normalized spacial score (nSPS) is 12.2. The molecule has 45 heavy (non-hydrogen) atoms. The molecule has 0 N–H and O–H groups in total. The lowest BCUT2D eigenvalue weighted by Gasteiger charge is -2.46. The molecule has 0 bridgehead atoms. The molecule has 0 aromatic heterocycles. The van der Waals surface area contributed by atoms with Gasteiger partial charge in [-0.05, 0) is 68.8 Å². The van der Waals surface area contributed by atoms with Gasteiger partial charge in [0.25, 0.3) is 0 Å². The van der Waals surface area contributed by atoms with Crippen molar-refractivity contribution in [2.24, 2.45) is 0 Å². The monoisotopic (exact) mass is 608 g/mol. The summed E-state index contributed by atoms with van der Waals surface area (Å²) < 4.78 is 21.1. The molecule has 1 atom stereocenters. The quantitative estimate of drug-likeness (QED) is 0.0783. The summed E-state index contributed by atoms with van der Waals surface area (Å²) >= 11 is 0. The molecule has 0 saturated carbocycles. The van der Waals surface area contributed by atoms with E-state index in [2.05, 4.69) is 102 Å². The van der Waals surface area contributed by atoms with Crippen molar-refractivity contribution in [1.82, 2.24) is 0 Å². The van der Waals surface area contributed by atoms with Crippen molar-refractivity contribution in [3.8, 4) is 17.2 Å². The molecule has 1 unspecified atom stereocenters. The molecule has 0 saturated heterocycles. The number of nitrogens with zero attached hydrogens (tertiary/aromatic N) is 1. The zero-order valence-corrected chi connectivity index (χ0v) is 28.7. The van der Waals surface area contributed by atoms with Crippen LogP contribution in [0.25, 0.3) is 10.8 Å². The summed E-state index contributed by atoms with van der Waals surface area (Å²) in [5.74, 6) is 2.30. The minimum Gasteiger partial charge on any atom is -0.490 e. The smallest absolute Gasteiger partial charge is 0.490 e. The van der Waals surface area contributed by atoms with Crippen molar-refractivity contribution < 1.29 is 18.4 Å². The molecule has 0 aliphatic rings. The van der Waals surface area contributed by atoms with Crippen LogP contribution in [0.15, 0.2) is 84.9 Å². The van der Waals surface area contributed by atoms with Gasteiger partial charge >= 0.3 is 7.32 Å². The maximum Gasteiger partial charge on any atom is 0.864 e. The van der Waals surface area contributed by atoms with Gasteiger partial charge in [0.15, 0.2) is 0 Å². The second-order valence-electron chi connectivity index (χ2n) is 12.7. The number of aryl methyl sites for hydroxylation is 2. The van der Waals surface area contributed by atoms with E-state index in [1.807, 2.05) is 24.3 Å². The highest BCUT2D eigenvalue weighted by molar-refractivity contribution is 6.40. The maximum absolute atomic E-state index is 7.01. The van der Waals surface area contributed by atoms with Crippen LogP contribution in [-0.4, -0.2) is 31.4 Å². The van der Waals surface area contributed by atoms with Gasteiger partial charge in [0.05, 0.1) is 25.2 Å². The summed E-state index contributed by atoms with van der Waals surface area (Å²) in [6.07, 6.45) is 9.52. The van der Waals surface area contributed by atoms with Gasteiger partial charge in [-0.2, -0.15) is 0 Å². The van der Waals surface area contributed by atoms with Crippen molar-refractivity contribution in [2.45, 2.75) is 99.0 Å². The Bertz CT molecular complexity index is 1370. The molecule has 0 amide bonds. The lowest BCUT2D eigenvalue weighted by Crippen LogP contribution is -2.53. The average molecular weight is 609 g/mol. The molecule has 4 rings (SSSR count). The van der Waals surface area contributed by atoms with E-state index in [9.17, 15) is 0 Å². The summed E-state index contributed by atoms with van der Waals surface area (Å²) in [5, 5.41) is 2.25. The van der Waals surface area contributed by atoms with Gasteiger partial charge < -0.3 is 18.4 Å². The molecule has 0 fully saturated rings. The highest BCUT2D eigenvalue weighted by Crippen LogP contribution is 2.43. The predicted molar refractivity (Wildman–Crippen MR) is 191 cm³/mol. The van der Waals surface area contributed by atoms with E-state index in [1.165, 1.54) is 74.8 Å². The Hall–Kier alpha value is -3.44. The fourth-order valence-electron chi connectivity index (χ4n) is 6.50. The lowest BCUT2D eigenvalue weighted by molar-refractivity contribution is -0.958. The molecule has 4 nitrogen and oxygen atoms in total. The first-order valence-corrected chi connectivity index (χ1v) is 17.4. The van der Waals surface area contributed by atoms with Crippen LogP contribution in [-0.2, 0) is 0 Å². The highest BCUT2D eigenvalue weighted by atomic mass is 16.7. The number of hydrogen-bond acceptors (Lipinski definition) is 3. The maximum atomic E-state index is 7.01. The zero-order valence-electron chi connectivity index (χ0n) is 28.7. The van der Waals surface area contributed by atoms with Crippen LogP contribution in [0, 0.1) is 13.8 Å².